The second-order valence-corrected chi connectivity index (χ2v) is 5.30. The molecule has 1 saturated carbocycles. The number of amides is 1. The number of ether oxygens (including phenoxy) is 1. The second kappa shape index (κ2) is 8.38. The van der Waals surface area contributed by atoms with E-state index in [9.17, 15) is 9.59 Å². The van der Waals surface area contributed by atoms with Crippen LogP contribution in [0.5, 0.6) is 0 Å². The molecular weight excluding hydrogens is 284 g/mol. The number of alkyl carbamates (subject to hydrolysis) is 1. The van der Waals surface area contributed by atoms with Crippen LogP contribution in [0.3, 0.4) is 0 Å². The summed E-state index contributed by atoms with van der Waals surface area (Å²) in [6.45, 7) is 2.13. The Bertz CT molecular complexity index is 492. The average molecular weight is 306 g/mol. The smallest absolute Gasteiger partial charge is 0.407 e. The van der Waals surface area contributed by atoms with Crippen LogP contribution in [0.4, 0.5) is 4.79 Å². The van der Waals surface area contributed by atoms with Gasteiger partial charge in [-0.3, -0.25) is 0 Å². The van der Waals surface area contributed by atoms with Crippen LogP contribution in [0, 0.1) is 0 Å². The first-order chi connectivity index (χ1) is 10.7. The Balaban J connectivity index is 1.76. The summed E-state index contributed by atoms with van der Waals surface area (Å²) in [7, 11) is 0. The lowest BCUT2D eigenvalue weighted by Gasteiger charge is -2.29. The van der Waals surface area contributed by atoms with Gasteiger partial charge in [-0.2, -0.15) is 0 Å². The highest BCUT2D eigenvalue weighted by molar-refractivity contribution is 5.89. The molecule has 1 amide bonds. The molecule has 0 aliphatic heterocycles. The lowest BCUT2D eigenvalue weighted by Crippen LogP contribution is -2.44. The zero-order chi connectivity index (χ0) is 15.8. The summed E-state index contributed by atoms with van der Waals surface area (Å²) in [4.78, 5) is 28.4. The zero-order valence-electron chi connectivity index (χ0n) is 12.7. The summed E-state index contributed by atoms with van der Waals surface area (Å²) in [5.41, 5.74) is 3.32. The molecule has 2 rings (SSSR count). The number of hydroxylamine groups is 1. The van der Waals surface area contributed by atoms with Gasteiger partial charge in [0.25, 0.3) is 0 Å². The van der Waals surface area contributed by atoms with Crippen LogP contribution in [0.1, 0.15) is 43.0 Å². The predicted octanol–water partition coefficient (Wildman–Crippen LogP) is 2.41. The van der Waals surface area contributed by atoms with E-state index >= 15 is 0 Å². The molecule has 0 saturated heterocycles. The summed E-state index contributed by atoms with van der Waals surface area (Å²) < 4.78 is 4.88. The second-order valence-electron chi connectivity index (χ2n) is 5.30. The van der Waals surface area contributed by atoms with Crippen LogP contribution in [0.15, 0.2) is 30.3 Å². The van der Waals surface area contributed by atoms with Gasteiger partial charge in [-0.15, -0.1) is 5.48 Å². The maximum Gasteiger partial charge on any atom is 0.407 e. The topological polar surface area (TPSA) is 76.7 Å². The van der Waals surface area contributed by atoms with Crippen molar-refractivity contribution in [2.75, 3.05) is 6.61 Å². The fourth-order valence-electron chi connectivity index (χ4n) is 2.54. The molecule has 0 bridgehead atoms. The molecule has 1 aliphatic rings. The number of hydrogen-bond donors (Lipinski definition) is 2. The van der Waals surface area contributed by atoms with Crippen LogP contribution in [0.25, 0.3) is 0 Å². The van der Waals surface area contributed by atoms with Gasteiger partial charge in [0, 0.05) is 12.1 Å². The number of nitrogens with one attached hydrogen (secondary N) is 2. The van der Waals surface area contributed by atoms with Crippen LogP contribution >= 0.6 is 0 Å². The third-order valence-corrected chi connectivity index (χ3v) is 3.60. The molecule has 6 nitrogen and oxygen atoms in total. The van der Waals surface area contributed by atoms with Crippen LogP contribution in [0.2, 0.25) is 0 Å². The Morgan fingerprint density at radius 3 is 2.64 bits per heavy atom. The molecule has 6 heteroatoms. The first-order valence-electron chi connectivity index (χ1n) is 7.64. The third kappa shape index (κ3) is 5.04. The van der Waals surface area contributed by atoms with E-state index in [1.807, 2.05) is 6.07 Å². The SMILES string of the molecule is CCOC(=O)NC1CCC[C@H](NOC(=O)c2ccccc2)C1. The summed E-state index contributed by atoms with van der Waals surface area (Å²) in [6, 6.07) is 8.91. The fourth-order valence-corrected chi connectivity index (χ4v) is 2.54. The maximum absolute atomic E-state index is 11.9. The van der Waals surface area contributed by atoms with Gasteiger partial charge >= 0.3 is 12.1 Å². The van der Waals surface area contributed by atoms with Gasteiger partial charge in [0.05, 0.1) is 12.2 Å². The number of carbonyl (C=O) groups excluding carboxylic acids is 2. The highest BCUT2D eigenvalue weighted by Crippen LogP contribution is 2.19. The van der Waals surface area contributed by atoms with Crippen molar-refractivity contribution in [1.82, 2.24) is 10.8 Å². The maximum atomic E-state index is 11.9. The molecule has 120 valence electrons. The predicted molar refractivity (Wildman–Crippen MR) is 81.2 cm³/mol. The first kappa shape index (κ1) is 16.3. The Hall–Kier alpha value is -2.08. The molecule has 0 aromatic heterocycles. The number of hydrogen-bond acceptors (Lipinski definition) is 5. The van der Waals surface area contributed by atoms with Crippen molar-refractivity contribution in [3.05, 3.63) is 35.9 Å². The minimum Gasteiger partial charge on any atom is -0.450 e. The van der Waals surface area contributed by atoms with Crippen molar-refractivity contribution in [2.45, 2.75) is 44.7 Å². The zero-order valence-corrected chi connectivity index (χ0v) is 12.7. The molecule has 1 aromatic rings. The molecule has 2 atom stereocenters. The summed E-state index contributed by atoms with van der Waals surface area (Å²) in [5.74, 6) is -0.402. The molecule has 22 heavy (non-hydrogen) atoms. The summed E-state index contributed by atoms with van der Waals surface area (Å²) >= 11 is 0. The monoisotopic (exact) mass is 306 g/mol. The molecule has 1 aromatic carbocycles. The van der Waals surface area contributed by atoms with Crippen molar-refractivity contribution in [2.24, 2.45) is 0 Å². The summed E-state index contributed by atoms with van der Waals surface area (Å²) in [5, 5.41) is 2.83. The first-order valence-corrected chi connectivity index (χ1v) is 7.64. The van der Waals surface area contributed by atoms with Crippen LogP contribution in [-0.4, -0.2) is 30.8 Å². The van der Waals surface area contributed by atoms with E-state index in [1.165, 1.54) is 0 Å². The number of benzene rings is 1. The minimum atomic E-state index is -0.402. The summed E-state index contributed by atoms with van der Waals surface area (Å²) in [6.07, 6.45) is 3.08. The van der Waals surface area contributed by atoms with Gasteiger partial charge in [0.1, 0.15) is 0 Å². The molecule has 1 fully saturated rings. The minimum absolute atomic E-state index is 0.0355. The van der Waals surface area contributed by atoms with Gasteiger partial charge < -0.3 is 14.9 Å². The van der Waals surface area contributed by atoms with Gasteiger partial charge in [-0.1, -0.05) is 18.2 Å². The van der Waals surface area contributed by atoms with E-state index in [4.69, 9.17) is 9.57 Å². The Morgan fingerprint density at radius 2 is 1.91 bits per heavy atom. The fraction of sp³-hybridized carbons (Fsp3) is 0.500. The highest BCUT2D eigenvalue weighted by Gasteiger charge is 2.24. The quantitative estimate of drug-likeness (QED) is 0.817. The van der Waals surface area contributed by atoms with Gasteiger partial charge in [-0.25, -0.2) is 9.59 Å². The van der Waals surface area contributed by atoms with Gasteiger partial charge in [-0.05, 0) is 44.7 Å². The van der Waals surface area contributed by atoms with Crippen molar-refractivity contribution in [3.8, 4) is 0 Å². The number of carbonyl (C=O) groups is 2. The van der Waals surface area contributed by atoms with E-state index < -0.39 is 12.1 Å². The normalized spacial score (nSPS) is 21.0. The largest absolute Gasteiger partial charge is 0.450 e. The van der Waals surface area contributed by atoms with Crippen molar-refractivity contribution >= 4 is 12.1 Å². The van der Waals surface area contributed by atoms with E-state index in [-0.39, 0.29) is 12.1 Å². The molecule has 1 aliphatic carbocycles. The third-order valence-electron chi connectivity index (χ3n) is 3.60. The average Bonchev–Trinajstić information content (AvgIpc) is 2.54. The van der Waals surface area contributed by atoms with Crippen LogP contribution < -0.4 is 10.8 Å². The van der Waals surface area contributed by atoms with E-state index in [2.05, 4.69) is 10.8 Å². The molecule has 2 N–H and O–H groups in total. The van der Waals surface area contributed by atoms with Gasteiger partial charge in [0.15, 0.2) is 0 Å². The lowest BCUT2D eigenvalue weighted by molar-refractivity contribution is 0.00946. The van der Waals surface area contributed by atoms with Crippen molar-refractivity contribution in [3.63, 3.8) is 0 Å². The van der Waals surface area contributed by atoms with Crippen molar-refractivity contribution in [1.29, 1.82) is 0 Å². The Labute approximate surface area is 130 Å². The van der Waals surface area contributed by atoms with Crippen molar-refractivity contribution < 1.29 is 19.2 Å². The lowest BCUT2D eigenvalue weighted by atomic mass is 9.91. The van der Waals surface area contributed by atoms with Crippen LogP contribution in [-0.2, 0) is 9.57 Å². The standard InChI is InChI=1S/C16H22N2O4/c1-2-21-16(20)17-13-9-6-10-14(11-13)18-22-15(19)12-7-4-3-5-8-12/h3-5,7-8,13-14,18H,2,6,9-11H2,1H3,(H,17,20)/t13?,14-/m0/s1. The Kier molecular flexibility index (Phi) is 6.21. The van der Waals surface area contributed by atoms with E-state index in [0.717, 1.165) is 19.3 Å². The van der Waals surface area contributed by atoms with Gasteiger partial charge in [0.2, 0.25) is 0 Å². The van der Waals surface area contributed by atoms with E-state index in [1.54, 1.807) is 31.2 Å². The van der Waals surface area contributed by atoms with E-state index in [0.29, 0.717) is 18.6 Å². The molecule has 0 radical (unpaired) electrons. The molecular formula is C16H22N2O4. The highest BCUT2D eigenvalue weighted by atomic mass is 16.7. The molecule has 0 spiro atoms. The Morgan fingerprint density at radius 1 is 1.18 bits per heavy atom. The number of rotatable bonds is 5. The molecule has 0 heterocycles. The molecule has 1 unspecified atom stereocenters.